The average molecular weight is 277 g/mol. The Hall–Kier alpha value is -1.40. The number of furan rings is 1. The maximum atomic E-state index is 5.76. The highest BCUT2D eigenvalue weighted by molar-refractivity contribution is 7.09. The minimum Gasteiger partial charge on any atom is -0.467 e. The first-order valence-corrected chi connectivity index (χ1v) is 7.41. The highest BCUT2D eigenvalue weighted by Gasteiger charge is 2.30. The normalized spacial score (nSPS) is 23.8. The second kappa shape index (κ2) is 4.61. The van der Waals surface area contributed by atoms with Crippen LogP contribution in [-0.2, 0) is 4.74 Å². The largest absolute Gasteiger partial charge is 0.467 e. The number of hydrogen-bond donors (Lipinski definition) is 0. The van der Waals surface area contributed by atoms with E-state index >= 15 is 0 Å². The number of nitrogens with zero attached hydrogens (tertiary/aromatic N) is 3. The van der Waals surface area contributed by atoms with E-state index in [4.69, 9.17) is 9.15 Å². The fraction of sp³-hybridized carbons (Fsp3) is 0.538. The summed E-state index contributed by atoms with van der Waals surface area (Å²) in [4.78, 5) is 6.91. The minimum absolute atomic E-state index is 0.00275. The molecule has 0 spiro atoms. The molecule has 3 heterocycles. The Labute approximate surface area is 115 Å². The monoisotopic (exact) mass is 277 g/mol. The molecule has 100 valence electrons. The SMILES string of the molecule is c1coc(C2CN(c3nc(C4CC4)ns3)CCO2)c1. The van der Waals surface area contributed by atoms with Crippen LogP contribution in [0.2, 0.25) is 0 Å². The Morgan fingerprint density at radius 3 is 3.11 bits per heavy atom. The van der Waals surface area contributed by atoms with Gasteiger partial charge in [-0.05, 0) is 25.0 Å². The minimum atomic E-state index is -0.00275. The third kappa shape index (κ3) is 2.26. The highest BCUT2D eigenvalue weighted by Crippen LogP contribution is 2.40. The number of hydrogen-bond acceptors (Lipinski definition) is 6. The summed E-state index contributed by atoms with van der Waals surface area (Å²) >= 11 is 1.50. The van der Waals surface area contributed by atoms with Gasteiger partial charge < -0.3 is 14.1 Å². The summed E-state index contributed by atoms with van der Waals surface area (Å²) in [6.45, 7) is 2.35. The fourth-order valence-electron chi connectivity index (χ4n) is 2.33. The Kier molecular flexibility index (Phi) is 2.77. The molecule has 2 fully saturated rings. The molecule has 6 heteroatoms. The van der Waals surface area contributed by atoms with Gasteiger partial charge >= 0.3 is 0 Å². The molecule has 1 aliphatic carbocycles. The lowest BCUT2D eigenvalue weighted by Gasteiger charge is -2.31. The van der Waals surface area contributed by atoms with Gasteiger partial charge in [-0.2, -0.15) is 4.37 Å². The molecule has 1 unspecified atom stereocenters. The third-order valence-electron chi connectivity index (χ3n) is 3.57. The van der Waals surface area contributed by atoms with Crippen LogP contribution in [0, 0.1) is 0 Å². The molecule has 2 aromatic heterocycles. The molecule has 4 rings (SSSR count). The van der Waals surface area contributed by atoms with Crippen LogP contribution in [0.5, 0.6) is 0 Å². The number of aromatic nitrogens is 2. The van der Waals surface area contributed by atoms with E-state index in [1.165, 1.54) is 24.4 Å². The lowest BCUT2D eigenvalue weighted by Crippen LogP contribution is -2.38. The van der Waals surface area contributed by atoms with Gasteiger partial charge in [0.2, 0.25) is 5.13 Å². The summed E-state index contributed by atoms with van der Waals surface area (Å²) in [6, 6.07) is 3.86. The second-order valence-electron chi connectivity index (χ2n) is 5.03. The fourth-order valence-corrected chi connectivity index (χ4v) is 3.11. The smallest absolute Gasteiger partial charge is 0.205 e. The van der Waals surface area contributed by atoms with Crippen molar-refractivity contribution in [2.75, 3.05) is 24.6 Å². The van der Waals surface area contributed by atoms with Crippen molar-refractivity contribution in [3.63, 3.8) is 0 Å². The predicted molar refractivity (Wildman–Crippen MR) is 71.5 cm³/mol. The van der Waals surface area contributed by atoms with E-state index in [-0.39, 0.29) is 6.10 Å². The quantitative estimate of drug-likeness (QED) is 0.863. The Morgan fingerprint density at radius 2 is 2.32 bits per heavy atom. The van der Waals surface area contributed by atoms with Crippen molar-refractivity contribution in [3.8, 4) is 0 Å². The first kappa shape index (κ1) is 11.4. The van der Waals surface area contributed by atoms with Crippen LogP contribution in [0.15, 0.2) is 22.8 Å². The van der Waals surface area contributed by atoms with Crippen LogP contribution in [0.3, 0.4) is 0 Å². The van der Waals surface area contributed by atoms with Gasteiger partial charge in [0.1, 0.15) is 17.7 Å². The van der Waals surface area contributed by atoms with Crippen molar-refractivity contribution in [3.05, 3.63) is 30.0 Å². The zero-order valence-corrected chi connectivity index (χ0v) is 11.3. The van der Waals surface area contributed by atoms with Crippen LogP contribution < -0.4 is 4.90 Å². The molecule has 2 aliphatic rings. The molecular formula is C13H15N3O2S. The summed E-state index contributed by atoms with van der Waals surface area (Å²) in [5, 5.41) is 1.02. The van der Waals surface area contributed by atoms with Gasteiger partial charge in [0.25, 0.3) is 0 Å². The van der Waals surface area contributed by atoms with Gasteiger partial charge in [0.15, 0.2) is 0 Å². The molecule has 0 radical (unpaired) electrons. The summed E-state index contributed by atoms with van der Waals surface area (Å²) in [6.07, 6.45) is 4.17. The third-order valence-corrected chi connectivity index (χ3v) is 4.36. The molecule has 0 bridgehead atoms. The number of morpholine rings is 1. The molecule has 0 N–H and O–H groups in total. The van der Waals surface area contributed by atoms with E-state index in [9.17, 15) is 0 Å². The van der Waals surface area contributed by atoms with Crippen molar-refractivity contribution in [2.45, 2.75) is 24.9 Å². The van der Waals surface area contributed by atoms with E-state index < -0.39 is 0 Å². The van der Waals surface area contributed by atoms with Crippen LogP contribution in [0.1, 0.15) is 36.4 Å². The number of rotatable bonds is 3. The lowest BCUT2D eigenvalue weighted by atomic mass is 10.2. The molecule has 0 aromatic carbocycles. The molecule has 19 heavy (non-hydrogen) atoms. The highest BCUT2D eigenvalue weighted by atomic mass is 32.1. The zero-order chi connectivity index (χ0) is 12.7. The summed E-state index contributed by atoms with van der Waals surface area (Å²) in [5.74, 6) is 2.53. The maximum Gasteiger partial charge on any atom is 0.205 e. The van der Waals surface area contributed by atoms with Crippen LogP contribution in [0.25, 0.3) is 0 Å². The predicted octanol–water partition coefficient (Wildman–Crippen LogP) is 2.59. The molecular weight excluding hydrogens is 262 g/mol. The Bertz CT molecular complexity index is 550. The molecule has 0 amide bonds. The van der Waals surface area contributed by atoms with Gasteiger partial charge in [-0.15, -0.1) is 0 Å². The average Bonchev–Trinajstić information content (AvgIpc) is 2.97. The standard InChI is InChI=1S/C13H15N3O2S/c1-2-10(17-6-1)11-8-16(5-7-18-11)13-14-12(15-19-13)9-3-4-9/h1-2,6,9,11H,3-5,7-8H2. The molecule has 5 nitrogen and oxygen atoms in total. The van der Waals surface area contributed by atoms with Crippen molar-refractivity contribution in [1.29, 1.82) is 0 Å². The van der Waals surface area contributed by atoms with Gasteiger partial charge in [-0.1, -0.05) is 0 Å². The van der Waals surface area contributed by atoms with Gasteiger partial charge in [-0.3, -0.25) is 0 Å². The summed E-state index contributed by atoms with van der Waals surface area (Å²) in [7, 11) is 0. The van der Waals surface area contributed by atoms with Crippen molar-refractivity contribution in [2.24, 2.45) is 0 Å². The summed E-state index contributed by atoms with van der Waals surface area (Å²) in [5.41, 5.74) is 0. The second-order valence-corrected chi connectivity index (χ2v) is 5.76. The summed E-state index contributed by atoms with van der Waals surface area (Å²) < 4.78 is 15.7. The van der Waals surface area contributed by atoms with Crippen molar-refractivity contribution < 1.29 is 9.15 Å². The van der Waals surface area contributed by atoms with Gasteiger partial charge in [-0.25, -0.2) is 4.98 Å². The molecule has 1 atom stereocenters. The van der Waals surface area contributed by atoms with E-state index in [1.807, 2.05) is 12.1 Å². The van der Waals surface area contributed by atoms with Crippen molar-refractivity contribution >= 4 is 16.7 Å². The van der Waals surface area contributed by atoms with Crippen LogP contribution in [0.4, 0.5) is 5.13 Å². The van der Waals surface area contributed by atoms with E-state index in [0.29, 0.717) is 12.5 Å². The number of anilines is 1. The van der Waals surface area contributed by atoms with Gasteiger partial charge in [0, 0.05) is 24.0 Å². The Balaban J connectivity index is 1.50. The molecule has 1 saturated carbocycles. The lowest BCUT2D eigenvalue weighted by molar-refractivity contribution is 0.0257. The van der Waals surface area contributed by atoms with Crippen LogP contribution >= 0.6 is 11.5 Å². The molecule has 2 aromatic rings. The van der Waals surface area contributed by atoms with Gasteiger partial charge in [0.05, 0.1) is 19.4 Å². The first-order valence-electron chi connectivity index (χ1n) is 6.64. The maximum absolute atomic E-state index is 5.76. The first-order chi connectivity index (χ1) is 9.40. The van der Waals surface area contributed by atoms with Crippen molar-refractivity contribution in [1.82, 2.24) is 9.36 Å². The van der Waals surface area contributed by atoms with Crippen LogP contribution in [-0.4, -0.2) is 29.1 Å². The topological polar surface area (TPSA) is 51.4 Å². The molecule has 1 aliphatic heterocycles. The zero-order valence-electron chi connectivity index (χ0n) is 10.5. The van der Waals surface area contributed by atoms with E-state index in [2.05, 4.69) is 14.3 Å². The van der Waals surface area contributed by atoms with E-state index in [0.717, 1.165) is 29.8 Å². The number of ether oxygens (including phenoxy) is 1. The Morgan fingerprint density at radius 1 is 1.37 bits per heavy atom. The van der Waals surface area contributed by atoms with E-state index in [1.54, 1.807) is 6.26 Å². The molecule has 1 saturated heterocycles.